The van der Waals surface area contributed by atoms with Crippen LogP contribution in [0.5, 0.6) is 0 Å². The molecule has 2 aliphatic rings. The molecule has 2 aromatic rings. The van der Waals surface area contributed by atoms with Crippen molar-refractivity contribution in [3.05, 3.63) is 47.1 Å². The van der Waals surface area contributed by atoms with Crippen LogP contribution in [-0.4, -0.2) is 40.8 Å². The highest BCUT2D eigenvalue weighted by Gasteiger charge is 2.34. The minimum Gasteiger partial charge on any atom is -0.408 e. The summed E-state index contributed by atoms with van der Waals surface area (Å²) >= 11 is 0. The van der Waals surface area contributed by atoms with Gasteiger partial charge in [0, 0.05) is 36.6 Å². The number of halogens is 4. The second kappa shape index (κ2) is 10.8. The average Bonchev–Trinajstić information content (AvgIpc) is 3.22. The van der Waals surface area contributed by atoms with E-state index in [1.54, 1.807) is 12.1 Å². The molecule has 0 bridgehead atoms. The number of nitrogens with one attached hydrogen (secondary N) is 1. The zero-order chi connectivity index (χ0) is 26.6. The van der Waals surface area contributed by atoms with Gasteiger partial charge in [-0.1, -0.05) is 17.7 Å². The number of amides is 2. The maximum atomic E-state index is 14.7. The summed E-state index contributed by atoms with van der Waals surface area (Å²) in [6.45, 7) is 5.72. The first-order valence-electron chi connectivity index (χ1n) is 11.1. The van der Waals surface area contributed by atoms with E-state index in [-0.39, 0.29) is 60.7 Å². The standard InChI is InChI=1S/C16H16FN3O2.C7H8F3N3O/c1-9-6-7-20(9)13-4-2-10(15(17)12(13)8-18)11-3-5-14(21)19-16(11)22;1-4(7(8,9)10)2-3-5-12-13-6(11)14-5/h2,4,9,11H,3,5-7H2,1H3,(H,19,21,22);1-3H2,(H2,11,13). The van der Waals surface area contributed by atoms with Crippen molar-refractivity contribution in [2.24, 2.45) is 0 Å². The minimum absolute atomic E-state index is 0.0114. The number of nitrogens with zero attached hydrogens (tertiary/aromatic N) is 4. The summed E-state index contributed by atoms with van der Waals surface area (Å²) < 4.78 is 55.3. The van der Waals surface area contributed by atoms with E-state index in [4.69, 9.17) is 10.2 Å². The highest BCUT2D eigenvalue weighted by Crippen LogP contribution is 2.35. The molecule has 1 aromatic carbocycles. The zero-order valence-electron chi connectivity index (χ0n) is 19.4. The number of piperidine rings is 1. The first kappa shape index (κ1) is 26.7. The summed E-state index contributed by atoms with van der Waals surface area (Å²) in [4.78, 5) is 25.1. The number of carbonyl (C=O) groups excluding carboxylic acids is 2. The third-order valence-electron chi connectivity index (χ3n) is 6.03. The van der Waals surface area contributed by atoms with E-state index in [1.807, 2.05) is 17.9 Å². The maximum Gasteiger partial charge on any atom is 0.412 e. The fourth-order valence-corrected chi connectivity index (χ4v) is 3.83. The lowest BCUT2D eigenvalue weighted by Crippen LogP contribution is -2.46. The van der Waals surface area contributed by atoms with Crippen LogP contribution >= 0.6 is 0 Å². The highest BCUT2D eigenvalue weighted by molar-refractivity contribution is 6.01. The van der Waals surface area contributed by atoms with Crippen LogP contribution in [0, 0.1) is 17.1 Å². The van der Waals surface area contributed by atoms with Crippen LogP contribution in [0.3, 0.4) is 0 Å². The van der Waals surface area contributed by atoms with Gasteiger partial charge in [-0.25, -0.2) is 4.39 Å². The first-order chi connectivity index (χ1) is 16.9. The number of benzene rings is 1. The Balaban J connectivity index is 0.000000223. The lowest BCUT2D eigenvalue weighted by Gasteiger charge is -2.41. The largest absolute Gasteiger partial charge is 0.412 e. The lowest BCUT2D eigenvalue weighted by atomic mass is 9.88. The molecule has 0 aliphatic carbocycles. The predicted octanol–water partition coefficient (Wildman–Crippen LogP) is 3.52. The van der Waals surface area contributed by atoms with E-state index >= 15 is 0 Å². The van der Waals surface area contributed by atoms with Crippen molar-refractivity contribution in [3.8, 4) is 6.07 Å². The molecule has 4 rings (SSSR count). The Hall–Kier alpha value is -3.95. The third-order valence-corrected chi connectivity index (χ3v) is 6.03. The molecular weight excluding hydrogens is 484 g/mol. The quantitative estimate of drug-likeness (QED) is 0.356. The molecule has 0 radical (unpaired) electrons. The van der Waals surface area contributed by atoms with Crippen LogP contribution in [0.15, 0.2) is 28.7 Å². The van der Waals surface area contributed by atoms with Gasteiger partial charge in [0.1, 0.15) is 17.4 Å². The number of allylic oxidation sites excluding steroid dienone is 1. The van der Waals surface area contributed by atoms with E-state index in [0.717, 1.165) is 13.0 Å². The van der Waals surface area contributed by atoms with Crippen molar-refractivity contribution in [2.75, 3.05) is 17.2 Å². The molecule has 1 aromatic heterocycles. The fourth-order valence-electron chi connectivity index (χ4n) is 3.83. The molecule has 9 nitrogen and oxygen atoms in total. The number of nitrogen functional groups attached to an aromatic ring is 1. The number of hydrogen-bond acceptors (Lipinski definition) is 8. The van der Waals surface area contributed by atoms with Gasteiger partial charge in [0.15, 0.2) is 0 Å². The predicted molar refractivity (Wildman–Crippen MR) is 120 cm³/mol. The van der Waals surface area contributed by atoms with Crippen LogP contribution in [0.2, 0.25) is 0 Å². The van der Waals surface area contributed by atoms with Crippen molar-refractivity contribution in [1.29, 1.82) is 5.26 Å². The van der Waals surface area contributed by atoms with Crippen molar-refractivity contribution < 1.29 is 31.6 Å². The summed E-state index contributed by atoms with van der Waals surface area (Å²) in [5.74, 6) is -2.12. The summed E-state index contributed by atoms with van der Waals surface area (Å²) in [5, 5.41) is 18.3. The van der Waals surface area contributed by atoms with Crippen LogP contribution in [0.4, 0.5) is 29.3 Å². The Labute approximate surface area is 203 Å². The number of imide groups is 1. The van der Waals surface area contributed by atoms with Gasteiger partial charge in [0.05, 0.1) is 11.6 Å². The number of rotatable bonds is 5. The Morgan fingerprint density at radius 3 is 2.56 bits per heavy atom. The normalized spacial score (nSPS) is 19.5. The monoisotopic (exact) mass is 508 g/mol. The van der Waals surface area contributed by atoms with E-state index in [2.05, 4.69) is 22.1 Å². The SMILES string of the molecule is C=C(CCc1nnc(N)o1)C(F)(F)F.CC1CCN1c1ccc(C2CCC(=O)NC2=O)c(F)c1C#N. The summed E-state index contributed by atoms with van der Waals surface area (Å²) in [6, 6.07) is 5.32. The van der Waals surface area contributed by atoms with Crippen molar-refractivity contribution in [2.45, 2.75) is 57.2 Å². The van der Waals surface area contributed by atoms with Gasteiger partial charge in [0.2, 0.25) is 17.7 Å². The molecule has 3 heterocycles. The molecular formula is C23H24F4N6O3. The first-order valence-corrected chi connectivity index (χ1v) is 11.1. The number of aromatic nitrogens is 2. The number of anilines is 2. The molecule has 2 atom stereocenters. The van der Waals surface area contributed by atoms with Gasteiger partial charge in [-0.05, 0) is 32.3 Å². The molecule has 2 saturated heterocycles. The maximum absolute atomic E-state index is 14.7. The van der Waals surface area contributed by atoms with Crippen LogP contribution in [0.25, 0.3) is 0 Å². The lowest BCUT2D eigenvalue weighted by molar-refractivity contribution is -0.134. The minimum atomic E-state index is -4.37. The van der Waals surface area contributed by atoms with Gasteiger partial charge in [-0.2, -0.15) is 18.4 Å². The van der Waals surface area contributed by atoms with Gasteiger partial charge < -0.3 is 15.1 Å². The van der Waals surface area contributed by atoms with Crippen molar-refractivity contribution >= 4 is 23.5 Å². The van der Waals surface area contributed by atoms with E-state index in [0.29, 0.717) is 5.69 Å². The van der Waals surface area contributed by atoms with Gasteiger partial charge in [0.25, 0.3) is 0 Å². The smallest absolute Gasteiger partial charge is 0.408 e. The van der Waals surface area contributed by atoms with E-state index < -0.39 is 29.4 Å². The molecule has 3 N–H and O–H groups in total. The number of nitrogens with two attached hydrogens (primary N) is 1. The summed E-state index contributed by atoms with van der Waals surface area (Å²) in [6.07, 6.45) is -3.19. The molecule has 2 aliphatic heterocycles. The second-order valence-corrected chi connectivity index (χ2v) is 8.44. The topological polar surface area (TPSA) is 138 Å². The van der Waals surface area contributed by atoms with Gasteiger partial charge >= 0.3 is 12.2 Å². The molecule has 36 heavy (non-hydrogen) atoms. The Morgan fingerprint density at radius 2 is 2.06 bits per heavy atom. The Bertz CT molecular complexity index is 1200. The van der Waals surface area contributed by atoms with Crippen LogP contribution < -0.4 is 16.0 Å². The number of aryl methyl sites for hydroxylation is 1. The molecule has 192 valence electrons. The molecule has 0 spiro atoms. The molecule has 13 heteroatoms. The van der Waals surface area contributed by atoms with E-state index in [9.17, 15) is 32.4 Å². The van der Waals surface area contributed by atoms with Gasteiger partial charge in [-0.15, -0.1) is 5.10 Å². The molecule has 2 unspecified atom stereocenters. The molecule has 2 amide bonds. The van der Waals surface area contributed by atoms with Crippen molar-refractivity contribution in [1.82, 2.24) is 15.5 Å². The average molecular weight is 508 g/mol. The Kier molecular flexibility index (Phi) is 7.96. The van der Waals surface area contributed by atoms with Gasteiger partial charge in [-0.3, -0.25) is 14.9 Å². The number of nitriles is 1. The van der Waals surface area contributed by atoms with E-state index in [1.165, 1.54) is 0 Å². The fraction of sp³-hybridized carbons (Fsp3) is 0.435. The number of carbonyl (C=O) groups is 2. The second-order valence-electron chi connectivity index (χ2n) is 8.44. The summed E-state index contributed by atoms with van der Waals surface area (Å²) in [7, 11) is 0. The van der Waals surface area contributed by atoms with Crippen LogP contribution in [-0.2, 0) is 16.0 Å². The molecule has 2 fully saturated rings. The van der Waals surface area contributed by atoms with Crippen LogP contribution in [0.1, 0.15) is 55.5 Å². The van der Waals surface area contributed by atoms with Crippen molar-refractivity contribution in [3.63, 3.8) is 0 Å². The number of alkyl halides is 3. The third kappa shape index (κ3) is 5.99. The summed E-state index contributed by atoms with van der Waals surface area (Å²) in [5.41, 5.74) is 5.01. The zero-order valence-corrected chi connectivity index (χ0v) is 19.4. The Morgan fingerprint density at radius 1 is 1.33 bits per heavy atom. The number of hydrogen-bond donors (Lipinski definition) is 2. The molecule has 0 saturated carbocycles. The highest BCUT2D eigenvalue weighted by atomic mass is 19.4.